The first-order valence-electron chi connectivity index (χ1n) is 7.36. The second kappa shape index (κ2) is 9.50. The predicted octanol–water partition coefficient (Wildman–Crippen LogP) is 2.17. The Morgan fingerprint density at radius 3 is 2.61 bits per heavy atom. The van der Waals surface area contributed by atoms with E-state index < -0.39 is 12.0 Å². The molecule has 1 aromatic rings. The van der Waals surface area contributed by atoms with Gasteiger partial charge in [-0.3, -0.25) is 4.79 Å². The minimum Gasteiger partial charge on any atom is -0.497 e. The first-order chi connectivity index (χ1) is 11.0. The van der Waals surface area contributed by atoms with Crippen molar-refractivity contribution in [2.24, 2.45) is 0 Å². The zero-order valence-electron chi connectivity index (χ0n) is 13.7. The molecular formula is C17H23NO5. The fourth-order valence-corrected chi connectivity index (χ4v) is 2.09. The quantitative estimate of drug-likeness (QED) is 0.681. The molecular weight excluding hydrogens is 298 g/mol. The number of hydrogen-bond acceptors (Lipinski definition) is 4. The first-order valence-corrected chi connectivity index (χ1v) is 7.36. The number of rotatable bonds is 9. The van der Waals surface area contributed by atoms with E-state index in [1.165, 1.54) is 0 Å². The molecule has 126 valence electrons. The number of benzene rings is 1. The SMILES string of the molecule is C/C=C/CC(NC(=O)CCc1cc(OC)ccc1OC)C(=O)O. The summed E-state index contributed by atoms with van der Waals surface area (Å²) in [5.74, 6) is -0.0119. The van der Waals surface area contributed by atoms with Gasteiger partial charge in [0.05, 0.1) is 14.2 Å². The van der Waals surface area contributed by atoms with Crippen LogP contribution in [0, 0.1) is 0 Å². The lowest BCUT2D eigenvalue weighted by Crippen LogP contribution is -2.40. The van der Waals surface area contributed by atoms with E-state index in [9.17, 15) is 9.59 Å². The number of aryl methyl sites for hydroxylation is 1. The van der Waals surface area contributed by atoms with Crippen LogP contribution in [0.1, 0.15) is 25.3 Å². The van der Waals surface area contributed by atoms with Crippen LogP contribution in [0.15, 0.2) is 30.4 Å². The predicted molar refractivity (Wildman–Crippen MR) is 86.9 cm³/mol. The van der Waals surface area contributed by atoms with Crippen LogP contribution in [0.5, 0.6) is 11.5 Å². The van der Waals surface area contributed by atoms with E-state index in [0.717, 1.165) is 5.56 Å². The second-order valence-electron chi connectivity index (χ2n) is 4.94. The van der Waals surface area contributed by atoms with Crippen LogP contribution in [-0.4, -0.2) is 37.2 Å². The summed E-state index contributed by atoms with van der Waals surface area (Å²) >= 11 is 0. The second-order valence-corrected chi connectivity index (χ2v) is 4.94. The normalized spacial score (nSPS) is 12.0. The van der Waals surface area contributed by atoms with Gasteiger partial charge in [-0.15, -0.1) is 0 Å². The van der Waals surface area contributed by atoms with Crippen molar-refractivity contribution in [1.29, 1.82) is 0 Å². The average Bonchev–Trinajstić information content (AvgIpc) is 2.56. The highest BCUT2D eigenvalue weighted by Crippen LogP contribution is 2.25. The Balaban J connectivity index is 2.66. The summed E-state index contributed by atoms with van der Waals surface area (Å²) in [6.45, 7) is 1.80. The number of allylic oxidation sites excluding steroid dienone is 1. The monoisotopic (exact) mass is 321 g/mol. The van der Waals surface area contributed by atoms with Crippen molar-refractivity contribution in [3.05, 3.63) is 35.9 Å². The van der Waals surface area contributed by atoms with Gasteiger partial charge in [-0.05, 0) is 43.5 Å². The summed E-state index contributed by atoms with van der Waals surface area (Å²) in [6, 6.07) is 4.45. The topological polar surface area (TPSA) is 84.9 Å². The zero-order valence-corrected chi connectivity index (χ0v) is 13.7. The number of carboxylic acids is 1. The van der Waals surface area contributed by atoms with Gasteiger partial charge in [0, 0.05) is 6.42 Å². The Morgan fingerprint density at radius 2 is 2.04 bits per heavy atom. The number of carboxylic acid groups (broad SMARTS) is 1. The number of amides is 1. The minimum absolute atomic E-state index is 0.170. The van der Waals surface area contributed by atoms with E-state index in [1.807, 2.05) is 0 Å². The Bertz CT molecular complexity index is 568. The van der Waals surface area contributed by atoms with Crippen LogP contribution in [0.25, 0.3) is 0 Å². The van der Waals surface area contributed by atoms with Gasteiger partial charge in [-0.25, -0.2) is 4.79 Å². The van der Waals surface area contributed by atoms with Crippen molar-refractivity contribution in [3.63, 3.8) is 0 Å². The lowest BCUT2D eigenvalue weighted by atomic mass is 10.1. The number of carbonyl (C=O) groups is 2. The molecule has 0 radical (unpaired) electrons. The Labute approximate surface area is 136 Å². The van der Waals surface area contributed by atoms with E-state index in [-0.39, 0.29) is 18.7 Å². The summed E-state index contributed by atoms with van der Waals surface area (Å²) in [5, 5.41) is 11.6. The number of carbonyl (C=O) groups excluding carboxylic acids is 1. The third kappa shape index (κ3) is 6.02. The maximum Gasteiger partial charge on any atom is 0.326 e. The van der Waals surface area contributed by atoms with E-state index in [4.69, 9.17) is 14.6 Å². The first kappa shape index (κ1) is 18.5. The van der Waals surface area contributed by atoms with Crippen molar-refractivity contribution < 1.29 is 24.2 Å². The molecule has 1 atom stereocenters. The molecule has 6 nitrogen and oxygen atoms in total. The number of ether oxygens (including phenoxy) is 2. The highest BCUT2D eigenvalue weighted by molar-refractivity contribution is 5.83. The van der Waals surface area contributed by atoms with Crippen molar-refractivity contribution in [2.45, 2.75) is 32.2 Å². The Kier molecular flexibility index (Phi) is 7.66. The molecule has 0 saturated heterocycles. The van der Waals surface area contributed by atoms with E-state index in [2.05, 4.69) is 5.32 Å². The fraction of sp³-hybridized carbons (Fsp3) is 0.412. The van der Waals surface area contributed by atoms with E-state index in [1.54, 1.807) is 51.5 Å². The molecule has 0 saturated carbocycles. The summed E-state index contributed by atoms with van der Waals surface area (Å²) in [4.78, 5) is 23.1. The molecule has 0 aromatic heterocycles. The molecule has 2 N–H and O–H groups in total. The van der Waals surface area contributed by atoms with Crippen LogP contribution in [0.3, 0.4) is 0 Å². The number of methoxy groups -OCH3 is 2. The summed E-state index contributed by atoms with van der Waals surface area (Å²) < 4.78 is 10.4. The average molecular weight is 321 g/mol. The lowest BCUT2D eigenvalue weighted by Gasteiger charge is -2.14. The van der Waals surface area contributed by atoms with Crippen LogP contribution in [0.4, 0.5) is 0 Å². The van der Waals surface area contributed by atoms with E-state index in [0.29, 0.717) is 17.9 Å². The molecule has 0 aliphatic carbocycles. The number of hydrogen-bond donors (Lipinski definition) is 2. The van der Waals surface area contributed by atoms with Gasteiger partial charge in [-0.1, -0.05) is 12.2 Å². The maximum atomic E-state index is 12.0. The molecule has 0 aliphatic rings. The molecule has 0 heterocycles. The maximum absolute atomic E-state index is 12.0. The lowest BCUT2D eigenvalue weighted by molar-refractivity contribution is -0.141. The van der Waals surface area contributed by atoms with Crippen LogP contribution >= 0.6 is 0 Å². The van der Waals surface area contributed by atoms with Gasteiger partial charge < -0.3 is 19.9 Å². The summed E-state index contributed by atoms with van der Waals surface area (Å²) in [7, 11) is 3.12. The highest BCUT2D eigenvalue weighted by atomic mass is 16.5. The van der Waals surface area contributed by atoms with Gasteiger partial charge in [0.1, 0.15) is 17.5 Å². The molecule has 1 rings (SSSR count). The highest BCUT2D eigenvalue weighted by Gasteiger charge is 2.18. The number of aliphatic carboxylic acids is 1. The third-order valence-corrected chi connectivity index (χ3v) is 3.35. The van der Waals surface area contributed by atoms with Gasteiger partial charge in [0.25, 0.3) is 0 Å². The van der Waals surface area contributed by atoms with E-state index >= 15 is 0 Å². The molecule has 23 heavy (non-hydrogen) atoms. The molecule has 0 fully saturated rings. The molecule has 1 unspecified atom stereocenters. The van der Waals surface area contributed by atoms with Crippen LogP contribution < -0.4 is 14.8 Å². The smallest absolute Gasteiger partial charge is 0.326 e. The van der Waals surface area contributed by atoms with Gasteiger partial charge >= 0.3 is 5.97 Å². The Morgan fingerprint density at radius 1 is 1.30 bits per heavy atom. The minimum atomic E-state index is -1.05. The summed E-state index contributed by atoms with van der Waals surface area (Å²) in [6.07, 6.45) is 4.33. The molecule has 0 aliphatic heterocycles. The van der Waals surface area contributed by atoms with Crippen molar-refractivity contribution in [2.75, 3.05) is 14.2 Å². The standard InChI is InChI=1S/C17H23NO5/c1-4-5-6-14(17(20)21)18-16(19)10-7-12-11-13(22-2)8-9-15(12)23-3/h4-5,8-9,11,14H,6-7,10H2,1-3H3,(H,18,19)(H,20,21)/b5-4+. The fourth-order valence-electron chi connectivity index (χ4n) is 2.09. The molecule has 0 spiro atoms. The molecule has 1 aromatic carbocycles. The molecule has 0 bridgehead atoms. The van der Waals surface area contributed by atoms with Gasteiger partial charge in [0.15, 0.2) is 0 Å². The van der Waals surface area contributed by atoms with Crippen molar-refractivity contribution in [3.8, 4) is 11.5 Å². The molecule has 1 amide bonds. The summed E-state index contributed by atoms with van der Waals surface area (Å²) in [5.41, 5.74) is 0.835. The van der Waals surface area contributed by atoms with Crippen LogP contribution in [0.2, 0.25) is 0 Å². The molecule has 6 heteroatoms. The van der Waals surface area contributed by atoms with Crippen molar-refractivity contribution in [1.82, 2.24) is 5.32 Å². The van der Waals surface area contributed by atoms with Gasteiger partial charge in [0.2, 0.25) is 5.91 Å². The van der Waals surface area contributed by atoms with Gasteiger partial charge in [-0.2, -0.15) is 0 Å². The number of nitrogens with one attached hydrogen (secondary N) is 1. The van der Waals surface area contributed by atoms with Crippen LogP contribution in [-0.2, 0) is 16.0 Å². The van der Waals surface area contributed by atoms with Crippen molar-refractivity contribution >= 4 is 11.9 Å². The largest absolute Gasteiger partial charge is 0.497 e. The zero-order chi connectivity index (χ0) is 17.2. The third-order valence-electron chi connectivity index (χ3n) is 3.35. The Hall–Kier alpha value is -2.50.